The number of hydrogen-bond acceptors (Lipinski definition) is 13. The number of nitro groups is 1. The van der Waals surface area contributed by atoms with Crippen LogP contribution in [0.2, 0.25) is 5.02 Å². The predicted octanol–water partition coefficient (Wildman–Crippen LogP) is 11.9. The van der Waals surface area contributed by atoms with Crippen molar-refractivity contribution < 1.29 is 45.7 Å². The highest BCUT2D eigenvalue weighted by atomic mass is 35.5. The lowest BCUT2D eigenvalue weighted by atomic mass is 9.97. The average Bonchev–Trinajstić information content (AvgIpc) is 3.80. The molecule has 2 aliphatic rings. The number of thioether (sulfide) groups is 1. The largest absolute Gasteiger partial charge is 0.469 e. The Morgan fingerprint density at radius 2 is 1.51 bits per heavy atom. The molecule has 0 aliphatic carbocycles. The number of rotatable bonds is 23. The fraction of sp³-hybridized carbons (Fsp3) is 0.382. The van der Waals surface area contributed by atoms with Crippen LogP contribution in [-0.2, 0) is 28.0 Å². The number of likely N-dealkylation sites (tertiary alicyclic amines) is 1. The Hall–Kier alpha value is -5.24. The van der Waals surface area contributed by atoms with Crippen molar-refractivity contribution in [3.05, 3.63) is 142 Å². The van der Waals surface area contributed by atoms with Gasteiger partial charge in [-0.2, -0.15) is 0 Å². The summed E-state index contributed by atoms with van der Waals surface area (Å²) in [5.41, 5.74) is 4.90. The molecule has 78 heavy (non-hydrogen) atoms. The van der Waals surface area contributed by atoms with Gasteiger partial charge in [-0.15, -0.1) is 11.8 Å². The maximum absolute atomic E-state index is 15.8. The SMILES string of the molecule is CCOP(=O)(Nc1ccc(N2CCN(c3cc(F)cc(-c4c(S(C)(=O)=O)c(C)n(C(C)C)c4-c4ccc(Cl)cc4)c3)CC2)cc1)c1ccc(NC(CCN2CCC(COP(=O)(O)O)CC2)CSc2ccccc2)c([N+](=O)[O-])c1. The Balaban J connectivity index is 0.950. The molecule has 6 aromatic rings. The first-order valence-electron chi connectivity index (χ1n) is 25.9. The van der Waals surface area contributed by atoms with Crippen molar-refractivity contribution >= 4 is 82.3 Å². The molecular weight excluding hydrogens is 1100 g/mol. The summed E-state index contributed by atoms with van der Waals surface area (Å²) in [6.07, 6.45) is 3.29. The molecule has 2 aliphatic heterocycles. The number of hydrogen-bond donors (Lipinski definition) is 4. The summed E-state index contributed by atoms with van der Waals surface area (Å²) >= 11 is 7.91. The lowest BCUT2D eigenvalue weighted by Crippen LogP contribution is -2.46. The summed E-state index contributed by atoms with van der Waals surface area (Å²) in [6.45, 7) is 11.9. The molecule has 2 saturated heterocycles. The van der Waals surface area contributed by atoms with E-state index in [1.54, 1.807) is 62.0 Å². The highest BCUT2D eigenvalue weighted by Gasteiger charge is 2.33. The molecule has 2 fully saturated rings. The molecule has 3 heterocycles. The third-order valence-corrected chi connectivity index (χ3v) is 19.4. The van der Waals surface area contributed by atoms with E-state index in [1.165, 1.54) is 24.5 Å². The number of halogens is 2. The highest BCUT2D eigenvalue weighted by Crippen LogP contribution is 2.48. The van der Waals surface area contributed by atoms with E-state index >= 15 is 4.39 Å². The van der Waals surface area contributed by atoms with Crippen LogP contribution in [0.1, 0.15) is 51.8 Å². The molecule has 0 radical (unpaired) electrons. The van der Waals surface area contributed by atoms with Crippen molar-refractivity contribution in [3.8, 4) is 22.4 Å². The van der Waals surface area contributed by atoms with Gasteiger partial charge < -0.3 is 44.0 Å². The second-order valence-electron chi connectivity index (χ2n) is 20.0. The van der Waals surface area contributed by atoms with Crippen molar-refractivity contribution in [2.75, 3.05) is 91.2 Å². The van der Waals surface area contributed by atoms with Crippen LogP contribution in [0.15, 0.2) is 125 Å². The molecule has 0 saturated carbocycles. The van der Waals surface area contributed by atoms with Gasteiger partial charge in [-0.3, -0.25) is 19.2 Å². The fourth-order valence-corrected chi connectivity index (χ4v) is 14.9. The molecule has 17 nitrogen and oxygen atoms in total. The Labute approximate surface area is 465 Å². The Bertz CT molecular complexity index is 3270. The minimum absolute atomic E-state index is 0.00139. The lowest BCUT2D eigenvalue weighted by Gasteiger charge is -2.37. The molecule has 2 atom stereocenters. The third kappa shape index (κ3) is 14.8. The number of benzene rings is 5. The van der Waals surface area contributed by atoms with Gasteiger partial charge in [0.2, 0.25) is 0 Å². The zero-order valence-corrected chi connectivity index (χ0v) is 48.4. The number of phosphoric acid groups is 1. The summed E-state index contributed by atoms with van der Waals surface area (Å²) in [5, 5.41) is 19.9. The normalized spacial score (nSPS) is 16.1. The Morgan fingerprint density at radius 1 is 0.859 bits per heavy atom. The molecule has 1 aromatic heterocycles. The second kappa shape index (κ2) is 25.5. The number of sulfone groups is 1. The average molecular weight is 1170 g/mol. The number of nitrogens with one attached hydrogen (secondary N) is 2. The zero-order chi connectivity index (χ0) is 55.9. The summed E-state index contributed by atoms with van der Waals surface area (Å²) < 4.78 is 81.5. The van der Waals surface area contributed by atoms with Gasteiger partial charge in [0.05, 0.1) is 34.0 Å². The van der Waals surface area contributed by atoms with Crippen molar-refractivity contribution in [2.24, 2.45) is 5.92 Å². The van der Waals surface area contributed by atoms with Gasteiger partial charge >= 0.3 is 15.3 Å². The van der Waals surface area contributed by atoms with E-state index in [0.29, 0.717) is 83.8 Å². The molecule has 2 unspecified atom stereocenters. The number of nitro benzene ring substituents is 1. The Morgan fingerprint density at radius 3 is 2.12 bits per heavy atom. The first kappa shape index (κ1) is 58.9. The molecule has 0 bridgehead atoms. The second-order valence-corrected chi connectivity index (χ2v) is 26.8. The lowest BCUT2D eigenvalue weighted by molar-refractivity contribution is -0.383. The molecule has 23 heteroatoms. The van der Waals surface area contributed by atoms with E-state index in [0.717, 1.165) is 42.1 Å². The van der Waals surface area contributed by atoms with Crippen molar-refractivity contribution in [2.45, 2.75) is 68.8 Å². The molecule has 418 valence electrons. The maximum Gasteiger partial charge on any atom is 0.469 e. The van der Waals surface area contributed by atoms with E-state index in [9.17, 15) is 27.7 Å². The van der Waals surface area contributed by atoms with E-state index in [-0.39, 0.29) is 52.8 Å². The fourth-order valence-electron chi connectivity index (χ4n) is 10.4. The summed E-state index contributed by atoms with van der Waals surface area (Å²) in [4.78, 5) is 38.3. The molecule has 8 rings (SSSR count). The minimum atomic E-state index is -4.54. The summed E-state index contributed by atoms with van der Waals surface area (Å²) in [6, 6.07) is 33.3. The van der Waals surface area contributed by atoms with E-state index < -0.39 is 35.9 Å². The summed E-state index contributed by atoms with van der Waals surface area (Å²) in [7, 11) is -12.2. The van der Waals surface area contributed by atoms with Crippen LogP contribution in [0, 0.1) is 28.8 Å². The highest BCUT2D eigenvalue weighted by molar-refractivity contribution is 7.99. The van der Waals surface area contributed by atoms with Crippen LogP contribution in [-0.4, -0.2) is 110 Å². The van der Waals surface area contributed by atoms with Gasteiger partial charge in [-0.05, 0) is 156 Å². The van der Waals surface area contributed by atoms with Crippen LogP contribution >= 0.6 is 38.7 Å². The van der Waals surface area contributed by atoms with Crippen molar-refractivity contribution in [1.82, 2.24) is 9.47 Å². The molecule has 5 aromatic carbocycles. The molecular formula is C55H67ClFN7O10P2S2. The van der Waals surface area contributed by atoms with Gasteiger partial charge in [-0.25, -0.2) is 17.4 Å². The van der Waals surface area contributed by atoms with Crippen LogP contribution in [0.5, 0.6) is 0 Å². The smallest absolute Gasteiger partial charge is 0.376 e. The van der Waals surface area contributed by atoms with E-state index in [2.05, 4.69) is 25.1 Å². The quantitative estimate of drug-likeness (QED) is 0.0203. The standard InChI is InChI=1S/C55H67ClFN7O10P2S2/c1-6-73-75(67,49-20-21-51(52(35-49)64(65)66)58-46(37-77-50-10-8-7-9-11-50)24-27-60-25-22-40(23-26-60)36-74-76(68,69)70)59-45-16-18-47(19-17-45)61-28-30-62(31-29-61)48-33-42(32-44(57)34-48)53-54(41-12-14-43(56)15-13-41)63(38(2)3)39(4)55(53)78(5,71)72/h7-21,32-35,38,40,46,58H,6,22-31,36-37H2,1-5H3,(H,59,67)(H2,68,69,70). The molecule has 4 N–H and O–H groups in total. The van der Waals surface area contributed by atoms with Gasteiger partial charge in [0.25, 0.3) is 5.69 Å². The van der Waals surface area contributed by atoms with Crippen LogP contribution in [0.4, 0.5) is 32.8 Å². The van der Waals surface area contributed by atoms with Crippen LogP contribution < -0.4 is 25.5 Å². The van der Waals surface area contributed by atoms with Crippen molar-refractivity contribution in [1.29, 1.82) is 0 Å². The molecule has 0 spiro atoms. The minimum Gasteiger partial charge on any atom is -0.376 e. The van der Waals surface area contributed by atoms with Gasteiger partial charge in [0.1, 0.15) is 11.5 Å². The zero-order valence-electron chi connectivity index (χ0n) is 44.3. The van der Waals surface area contributed by atoms with Gasteiger partial charge in [0, 0.05) is 101 Å². The first-order chi connectivity index (χ1) is 37.1. The topological polar surface area (TPSA) is 209 Å². The van der Waals surface area contributed by atoms with E-state index in [4.69, 9.17) is 30.4 Å². The Kier molecular flexibility index (Phi) is 19.2. The number of piperazine rings is 1. The van der Waals surface area contributed by atoms with E-state index in [1.807, 2.05) is 79.1 Å². The summed E-state index contributed by atoms with van der Waals surface area (Å²) in [5.74, 6) is 0.150. The monoisotopic (exact) mass is 1170 g/mol. The molecule has 0 amide bonds. The first-order valence-corrected chi connectivity index (χ1v) is 32.3. The van der Waals surface area contributed by atoms with Crippen LogP contribution in [0.25, 0.3) is 22.4 Å². The van der Waals surface area contributed by atoms with Gasteiger partial charge in [-0.1, -0.05) is 41.9 Å². The number of aromatic nitrogens is 1. The third-order valence-electron chi connectivity index (χ3n) is 14.1. The number of phosphoric ester groups is 1. The maximum atomic E-state index is 15.8. The number of piperidine rings is 1. The number of nitrogens with zero attached hydrogens (tertiary/aromatic N) is 5. The van der Waals surface area contributed by atoms with Gasteiger partial charge in [0.15, 0.2) is 9.84 Å². The predicted molar refractivity (Wildman–Crippen MR) is 311 cm³/mol. The van der Waals surface area contributed by atoms with Crippen molar-refractivity contribution in [3.63, 3.8) is 0 Å². The number of anilines is 4. The van der Waals surface area contributed by atoms with Crippen LogP contribution in [0.3, 0.4) is 0 Å².